The first-order chi connectivity index (χ1) is 6.83. The summed E-state index contributed by atoms with van der Waals surface area (Å²) in [5, 5.41) is 9.98. The van der Waals surface area contributed by atoms with Gasteiger partial charge >= 0.3 is 0 Å². The molecular formula is C12H14O2. The molecule has 2 nitrogen and oxygen atoms in total. The molecule has 0 saturated carbocycles. The van der Waals surface area contributed by atoms with Gasteiger partial charge in [-0.05, 0) is 18.1 Å². The molecule has 74 valence electrons. The number of ether oxygens (including phenoxy) is 1. The zero-order valence-electron chi connectivity index (χ0n) is 8.18. The molecule has 0 heterocycles. The fourth-order valence-electron chi connectivity index (χ4n) is 1.75. The second-order valence-corrected chi connectivity index (χ2v) is 3.35. The van der Waals surface area contributed by atoms with Gasteiger partial charge in [-0.3, -0.25) is 0 Å². The molecule has 1 aromatic carbocycles. The summed E-state index contributed by atoms with van der Waals surface area (Å²) in [6, 6.07) is 7.84. The zero-order chi connectivity index (χ0) is 9.97. The van der Waals surface area contributed by atoms with E-state index in [0.717, 1.165) is 11.1 Å². The summed E-state index contributed by atoms with van der Waals surface area (Å²) in [4.78, 5) is 0. The highest BCUT2D eigenvalue weighted by Crippen LogP contribution is 2.29. The summed E-state index contributed by atoms with van der Waals surface area (Å²) < 4.78 is 5.42. The largest absolute Gasteiger partial charge is 0.385 e. The predicted octanol–water partition coefficient (Wildman–Crippen LogP) is 2.15. The Hall–Kier alpha value is -1.12. The summed E-state index contributed by atoms with van der Waals surface area (Å²) in [6.45, 7) is 2.55. The van der Waals surface area contributed by atoms with Crippen molar-refractivity contribution in [1.29, 1.82) is 0 Å². The average Bonchev–Trinajstić information content (AvgIpc) is 2.23. The first-order valence-electron chi connectivity index (χ1n) is 4.89. The summed E-state index contributed by atoms with van der Waals surface area (Å²) in [5.41, 5.74) is 2.03. The van der Waals surface area contributed by atoms with Gasteiger partial charge in [0, 0.05) is 6.61 Å². The Balaban J connectivity index is 2.30. The quantitative estimate of drug-likeness (QED) is 0.774. The van der Waals surface area contributed by atoms with Crippen molar-refractivity contribution >= 4 is 6.08 Å². The summed E-state index contributed by atoms with van der Waals surface area (Å²) >= 11 is 0. The molecule has 0 aliphatic heterocycles. The molecular weight excluding hydrogens is 176 g/mol. The lowest BCUT2D eigenvalue weighted by atomic mass is 9.93. The maximum Gasteiger partial charge on any atom is 0.109 e. The molecule has 1 N–H and O–H groups in total. The minimum absolute atomic E-state index is 0.199. The van der Waals surface area contributed by atoms with Crippen LogP contribution >= 0.6 is 0 Å². The molecule has 2 atom stereocenters. The van der Waals surface area contributed by atoms with E-state index < -0.39 is 6.10 Å². The molecule has 2 heteroatoms. The van der Waals surface area contributed by atoms with Gasteiger partial charge in [0.05, 0.1) is 0 Å². The Labute approximate surface area is 83.8 Å². The third-order valence-corrected chi connectivity index (χ3v) is 2.45. The van der Waals surface area contributed by atoms with E-state index in [9.17, 15) is 5.11 Å². The molecule has 0 fully saturated rings. The monoisotopic (exact) mass is 190 g/mol. The number of rotatable bonds is 2. The van der Waals surface area contributed by atoms with Gasteiger partial charge in [-0.2, -0.15) is 0 Å². The minimum Gasteiger partial charge on any atom is -0.385 e. The number of aliphatic hydroxyl groups is 1. The molecule has 0 spiro atoms. The molecule has 0 bridgehead atoms. The molecule has 2 rings (SSSR count). The van der Waals surface area contributed by atoms with Crippen molar-refractivity contribution in [3.8, 4) is 0 Å². The van der Waals surface area contributed by atoms with Crippen LogP contribution in [0.15, 0.2) is 30.3 Å². The topological polar surface area (TPSA) is 29.5 Å². The van der Waals surface area contributed by atoms with Crippen molar-refractivity contribution in [2.24, 2.45) is 0 Å². The van der Waals surface area contributed by atoms with E-state index >= 15 is 0 Å². The van der Waals surface area contributed by atoms with Crippen molar-refractivity contribution in [2.75, 3.05) is 6.61 Å². The molecule has 0 saturated heterocycles. The van der Waals surface area contributed by atoms with Crippen LogP contribution in [0.3, 0.4) is 0 Å². The number of hydrogen-bond acceptors (Lipinski definition) is 2. The van der Waals surface area contributed by atoms with Crippen LogP contribution in [-0.4, -0.2) is 17.8 Å². The third kappa shape index (κ3) is 1.59. The second kappa shape index (κ2) is 3.95. The third-order valence-electron chi connectivity index (χ3n) is 2.45. The van der Waals surface area contributed by atoms with Crippen molar-refractivity contribution in [1.82, 2.24) is 0 Å². The smallest absolute Gasteiger partial charge is 0.109 e. The predicted molar refractivity (Wildman–Crippen MR) is 55.8 cm³/mol. The van der Waals surface area contributed by atoms with Crippen molar-refractivity contribution in [3.63, 3.8) is 0 Å². The summed E-state index contributed by atoms with van der Waals surface area (Å²) in [7, 11) is 0. The van der Waals surface area contributed by atoms with Crippen LogP contribution < -0.4 is 0 Å². The van der Waals surface area contributed by atoms with E-state index in [0.29, 0.717) is 6.61 Å². The highest BCUT2D eigenvalue weighted by Gasteiger charge is 2.23. The van der Waals surface area contributed by atoms with E-state index in [2.05, 4.69) is 0 Å². The van der Waals surface area contributed by atoms with Gasteiger partial charge in [-0.1, -0.05) is 36.4 Å². The van der Waals surface area contributed by atoms with Gasteiger partial charge in [0.1, 0.15) is 12.2 Å². The number of fused-ring (bicyclic) bond motifs is 1. The lowest BCUT2D eigenvalue weighted by Gasteiger charge is -2.25. The Morgan fingerprint density at radius 3 is 2.93 bits per heavy atom. The van der Waals surface area contributed by atoms with E-state index in [1.165, 1.54) is 0 Å². The average molecular weight is 190 g/mol. The summed E-state index contributed by atoms with van der Waals surface area (Å²) in [5.74, 6) is 0. The standard InChI is InChI=1S/C12H14O2/c1-2-14-11-8-7-9-5-3-4-6-10(9)12(11)13/h3-8,11-13H,2H2,1H3. The molecule has 1 aliphatic carbocycles. The molecule has 14 heavy (non-hydrogen) atoms. The lowest BCUT2D eigenvalue weighted by Crippen LogP contribution is -2.23. The van der Waals surface area contributed by atoms with E-state index in [1.807, 2.05) is 43.3 Å². The molecule has 2 unspecified atom stereocenters. The summed E-state index contributed by atoms with van der Waals surface area (Å²) in [6.07, 6.45) is 3.19. The van der Waals surface area contributed by atoms with E-state index in [-0.39, 0.29) is 6.10 Å². The van der Waals surface area contributed by atoms with Crippen LogP contribution in [0.1, 0.15) is 24.2 Å². The highest BCUT2D eigenvalue weighted by atomic mass is 16.5. The first kappa shape index (κ1) is 9.44. The van der Waals surface area contributed by atoms with Crippen molar-refractivity contribution in [2.45, 2.75) is 19.1 Å². The maximum absolute atomic E-state index is 9.98. The Kier molecular flexibility index (Phi) is 2.66. The van der Waals surface area contributed by atoms with Gasteiger partial charge in [-0.25, -0.2) is 0 Å². The molecule has 1 aliphatic rings. The van der Waals surface area contributed by atoms with Crippen LogP contribution in [0.5, 0.6) is 0 Å². The van der Waals surface area contributed by atoms with Crippen LogP contribution in [0.25, 0.3) is 6.08 Å². The first-order valence-corrected chi connectivity index (χ1v) is 4.89. The lowest BCUT2D eigenvalue weighted by molar-refractivity contribution is -0.00669. The van der Waals surface area contributed by atoms with Gasteiger partial charge in [0.25, 0.3) is 0 Å². The Morgan fingerprint density at radius 2 is 2.14 bits per heavy atom. The van der Waals surface area contributed by atoms with Gasteiger partial charge in [0.2, 0.25) is 0 Å². The maximum atomic E-state index is 9.98. The van der Waals surface area contributed by atoms with E-state index in [4.69, 9.17) is 4.74 Å². The van der Waals surface area contributed by atoms with Crippen LogP contribution in [0.4, 0.5) is 0 Å². The number of aliphatic hydroxyl groups excluding tert-OH is 1. The fourth-order valence-corrected chi connectivity index (χ4v) is 1.75. The van der Waals surface area contributed by atoms with Gasteiger partial charge in [-0.15, -0.1) is 0 Å². The molecule has 0 amide bonds. The van der Waals surface area contributed by atoms with Crippen molar-refractivity contribution < 1.29 is 9.84 Å². The SMILES string of the molecule is CCOC1C=Cc2ccccc2C1O. The van der Waals surface area contributed by atoms with Crippen molar-refractivity contribution in [3.05, 3.63) is 41.5 Å². The van der Waals surface area contributed by atoms with Crippen LogP contribution in [0, 0.1) is 0 Å². The Bertz CT molecular complexity index is 344. The van der Waals surface area contributed by atoms with Crippen LogP contribution in [0.2, 0.25) is 0 Å². The molecule has 0 radical (unpaired) electrons. The zero-order valence-corrected chi connectivity index (χ0v) is 8.18. The number of hydrogen-bond donors (Lipinski definition) is 1. The molecule has 0 aromatic heterocycles. The minimum atomic E-state index is -0.531. The highest BCUT2D eigenvalue weighted by molar-refractivity contribution is 5.58. The van der Waals surface area contributed by atoms with E-state index in [1.54, 1.807) is 0 Å². The second-order valence-electron chi connectivity index (χ2n) is 3.35. The Morgan fingerprint density at radius 1 is 1.36 bits per heavy atom. The fraction of sp³-hybridized carbons (Fsp3) is 0.333. The molecule has 1 aromatic rings. The van der Waals surface area contributed by atoms with Gasteiger partial charge in [0.15, 0.2) is 0 Å². The van der Waals surface area contributed by atoms with Crippen LogP contribution in [-0.2, 0) is 4.74 Å². The number of benzene rings is 1. The normalized spacial score (nSPS) is 24.7. The van der Waals surface area contributed by atoms with Gasteiger partial charge < -0.3 is 9.84 Å².